The maximum Gasteiger partial charge on any atom is 0.325 e. The summed E-state index contributed by atoms with van der Waals surface area (Å²) in [5, 5.41) is 28.1. The predicted octanol–water partition coefficient (Wildman–Crippen LogP) is -2.78. The molecule has 2 rings (SSSR count). The fraction of sp³-hybridized carbons (Fsp3) is 0.556. The van der Waals surface area contributed by atoms with Gasteiger partial charge in [0, 0.05) is 6.20 Å². The van der Waals surface area contributed by atoms with Crippen molar-refractivity contribution in [2.75, 3.05) is 6.61 Å². The van der Waals surface area contributed by atoms with Crippen molar-refractivity contribution in [2.24, 2.45) is 0 Å². The third-order valence-corrected chi connectivity index (χ3v) is 2.70. The van der Waals surface area contributed by atoms with E-state index in [4.69, 9.17) is 9.84 Å². The normalized spacial score (nSPS) is 32.9. The van der Waals surface area contributed by atoms with Gasteiger partial charge in [0.25, 0.3) is 5.56 Å². The first-order chi connectivity index (χ1) is 8.04. The van der Waals surface area contributed by atoms with Crippen LogP contribution in [0.5, 0.6) is 0 Å². The van der Waals surface area contributed by atoms with Gasteiger partial charge in [-0.05, 0) is 0 Å². The van der Waals surface area contributed by atoms with E-state index in [2.05, 4.69) is 4.98 Å². The van der Waals surface area contributed by atoms with Gasteiger partial charge in [0.1, 0.15) is 24.4 Å². The van der Waals surface area contributed by atoms with Gasteiger partial charge in [0.15, 0.2) is 0 Å². The topological polar surface area (TPSA) is 136 Å². The summed E-state index contributed by atoms with van der Waals surface area (Å²) >= 11 is 0. The lowest BCUT2D eigenvalue weighted by Gasteiger charge is -2.13. The molecule has 94 valence electrons. The van der Waals surface area contributed by atoms with Crippen molar-refractivity contribution in [3.8, 4) is 0 Å². The summed E-state index contributed by atoms with van der Waals surface area (Å²) < 4.78 is 5.15. The zero-order valence-electron chi connectivity index (χ0n) is 8.66. The monoisotopic (exact) mass is 244 g/mol. The van der Waals surface area contributed by atoms with E-state index in [0.29, 0.717) is 0 Å². The molecule has 1 fully saturated rings. The number of aromatic amines is 2. The minimum atomic E-state index is -1.33. The van der Waals surface area contributed by atoms with Crippen molar-refractivity contribution in [1.82, 2.24) is 9.97 Å². The summed E-state index contributed by atoms with van der Waals surface area (Å²) in [4.78, 5) is 26.5. The first kappa shape index (κ1) is 12.0. The second-order valence-corrected chi connectivity index (χ2v) is 3.79. The van der Waals surface area contributed by atoms with Crippen LogP contribution < -0.4 is 11.2 Å². The van der Waals surface area contributed by atoms with E-state index in [1.165, 1.54) is 0 Å². The second-order valence-electron chi connectivity index (χ2n) is 3.79. The molecule has 1 aromatic rings. The molecule has 2 heterocycles. The average molecular weight is 244 g/mol. The minimum absolute atomic E-state index is 0.00731. The highest BCUT2D eigenvalue weighted by Crippen LogP contribution is 2.31. The number of hydrogen-bond donors (Lipinski definition) is 5. The molecule has 5 N–H and O–H groups in total. The van der Waals surface area contributed by atoms with Gasteiger partial charge in [-0.25, -0.2) is 4.79 Å². The molecule has 0 aliphatic carbocycles. The smallest absolute Gasteiger partial charge is 0.325 e. The summed E-state index contributed by atoms with van der Waals surface area (Å²) in [6, 6.07) is 0. The molecule has 1 aliphatic heterocycles. The summed E-state index contributed by atoms with van der Waals surface area (Å²) in [6.07, 6.45) is -3.54. The van der Waals surface area contributed by atoms with Crippen LogP contribution in [0.1, 0.15) is 11.7 Å². The van der Waals surface area contributed by atoms with Crippen LogP contribution in [0.2, 0.25) is 0 Å². The summed E-state index contributed by atoms with van der Waals surface area (Å²) in [5.74, 6) is 0. The summed E-state index contributed by atoms with van der Waals surface area (Å²) in [5.41, 5.74) is -1.39. The molecule has 8 heteroatoms. The lowest BCUT2D eigenvalue weighted by atomic mass is 10.0. The van der Waals surface area contributed by atoms with E-state index < -0.39 is 42.3 Å². The number of hydrogen-bond acceptors (Lipinski definition) is 6. The number of H-pyrrole nitrogens is 2. The first-order valence-corrected chi connectivity index (χ1v) is 4.99. The van der Waals surface area contributed by atoms with Crippen LogP contribution in [0.4, 0.5) is 0 Å². The zero-order valence-corrected chi connectivity index (χ0v) is 8.66. The van der Waals surface area contributed by atoms with Crippen LogP contribution in [0, 0.1) is 0 Å². The van der Waals surface area contributed by atoms with Crippen LogP contribution in [0.3, 0.4) is 0 Å². The van der Waals surface area contributed by atoms with Crippen molar-refractivity contribution >= 4 is 0 Å². The molecule has 0 bridgehead atoms. The van der Waals surface area contributed by atoms with Gasteiger partial charge < -0.3 is 25.0 Å². The van der Waals surface area contributed by atoms with Crippen molar-refractivity contribution in [2.45, 2.75) is 24.4 Å². The quantitative estimate of drug-likeness (QED) is 0.382. The molecule has 0 spiro atoms. The Morgan fingerprint density at radius 3 is 2.53 bits per heavy atom. The molecule has 1 aliphatic rings. The number of aliphatic hydroxyl groups is 3. The lowest BCUT2D eigenvalue weighted by Crippen LogP contribution is -2.34. The molecule has 8 nitrogen and oxygen atoms in total. The Kier molecular flexibility index (Phi) is 3.11. The van der Waals surface area contributed by atoms with Crippen molar-refractivity contribution in [1.29, 1.82) is 0 Å². The summed E-state index contributed by atoms with van der Waals surface area (Å²) in [7, 11) is 0. The van der Waals surface area contributed by atoms with E-state index >= 15 is 0 Å². The van der Waals surface area contributed by atoms with Crippen LogP contribution in [0.15, 0.2) is 15.8 Å². The standard InChI is InChI=1S/C9H12N2O6/c12-2-4-5(13)6(14)7(17-4)3-1-10-9(16)11-8(3)15/h1,4-7,12-14H,2H2,(H2,10,11,15,16)/t4-,5-,6+,7?/m1/s1. The third-order valence-electron chi connectivity index (χ3n) is 2.70. The lowest BCUT2D eigenvalue weighted by molar-refractivity contribution is -0.0232. The van der Waals surface area contributed by atoms with Crippen LogP contribution in [-0.2, 0) is 4.74 Å². The molecule has 0 radical (unpaired) electrons. The largest absolute Gasteiger partial charge is 0.394 e. The molecule has 1 saturated heterocycles. The van der Waals surface area contributed by atoms with Crippen molar-refractivity contribution in [3.63, 3.8) is 0 Å². The maximum absolute atomic E-state index is 11.5. The molecule has 0 saturated carbocycles. The third kappa shape index (κ3) is 2.03. The predicted molar refractivity (Wildman–Crippen MR) is 54.4 cm³/mol. The fourth-order valence-electron chi connectivity index (χ4n) is 1.79. The molecule has 1 unspecified atom stereocenters. The second kappa shape index (κ2) is 4.41. The molecule has 4 atom stereocenters. The highest BCUT2D eigenvalue weighted by Gasteiger charge is 2.44. The van der Waals surface area contributed by atoms with Gasteiger partial charge in [-0.1, -0.05) is 0 Å². The maximum atomic E-state index is 11.5. The van der Waals surface area contributed by atoms with Gasteiger partial charge >= 0.3 is 5.69 Å². The zero-order chi connectivity index (χ0) is 12.6. The average Bonchev–Trinajstić information content (AvgIpc) is 2.57. The van der Waals surface area contributed by atoms with Crippen LogP contribution in [0.25, 0.3) is 0 Å². The van der Waals surface area contributed by atoms with E-state index in [9.17, 15) is 19.8 Å². The van der Waals surface area contributed by atoms with Gasteiger partial charge in [-0.3, -0.25) is 9.78 Å². The Labute approximate surface area is 94.5 Å². The Morgan fingerprint density at radius 2 is 2.00 bits per heavy atom. The Hall–Kier alpha value is -1.48. The van der Waals surface area contributed by atoms with E-state index in [0.717, 1.165) is 6.20 Å². The van der Waals surface area contributed by atoms with E-state index in [1.807, 2.05) is 4.98 Å². The van der Waals surface area contributed by atoms with Gasteiger partial charge in [-0.2, -0.15) is 0 Å². The minimum Gasteiger partial charge on any atom is -0.394 e. The van der Waals surface area contributed by atoms with Crippen molar-refractivity contribution < 1.29 is 20.1 Å². The van der Waals surface area contributed by atoms with E-state index in [1.54, 1.807) is 0 Å². The molecular formula is C9H12N2O6. The number of rotatable bonds is 2. The van der Waals surface area contributed by atoms with E-state index in [-0.39, 0.29) is 5.56 Å². The number of nitrogens with one attached hydrogen (secondary N) is 2. The van der Waals surface area contributed by atoms with Gasteiger partial charge in [-0.15, -0.1) is 0 Å². The molecule has 0 aromatic carbocycles. The molecule has 1 aromatic heterocycles. The Balaban J connectivity index is 2.35. The fourth-order valence-corrected chi connectivity index (χ4v) is 1.79. The van der Waals surface area contributed by atoms with Crippen molar-refractivity contribution in [3.05, 3.63) is 32.6 Å². The summed E-state index contributed by atoms with van der Waals surface area (Å²) in [6.45, 7) is -0.476. The molecule has 0 amide bonds. The highest BCUT2D eigenvalue weighted by molar-refractivity contribution is 5.13. The highest BCUT2D eigenvalue weighted by atomic mass is 16.6. The van der Waals surface area contributed by atoms with Gasteiger partial charge in [0.2, 0.25) is 0 Å². The number of aliphatic hydroxyl groups excluding tert-OH is 3. The van der Waals surface area contributed by atoms with Crippen LogP contribution in [-0.4, -0.2) is 50.2 Å². The number of ether oxygens (including phenoxy) is 1. The first-order valence-electron chi connectivity index (χ1n) is 4.99. The SMILES string of the molecule is O=c1[nH]cc(C2O[C@H](CO)[C@@H](O)[C@@H]2O)c(=O)[nH]1. The Morgan fingerprint density at radius 1 is 1.29 bits per heavy atom. The van der Waals surface area contributed by atoms with Gasteiger partial charge in [0.05, 0.1) is 12.2 Å². The Bertz CT molecular complexity index is 509. The van der Waals surface area contributed by atoms with Crippen LogP contribution >= 0.6 is 0 Å². The molecular weight excluding hydrogens is 232 g/mol. The molecule has 17 heavy (non-hydrogen) atoms. The number of aromatic nitrogens is 2.